The topological polar surface area (TPSA) is 26.0 Å². The van der Waals surface area contributed by atoms with E-state index in [1.807, 2.05) is 0 Å². The number of hydrogen-bond donors (Lipinski definition) is 1. The summed E-state index contributed by atoms with van der Waals surface area (Å²) in [6.07, 6.45) is 3.55. The second kappa shape index (κ2) is 4.03. The fourth-order valence-corrected chi connectivity index (χ4v) is 0.584. The van der Waals surface area contributed by atoms with Gasteiger partial charge in [0.2, 0.25) is 0 Å². The van der Waals surface area contributed by atoms with E-state index < -0.39 is 12.5 Å². The van der Waals surface area contributed by atoms with Crippen LogP contribution in [0.1, 0.15) is 0 Å². The zero-order valence-electron chi connectivity index (χ0n) is 6.19. The second-order valence-electron chi connectivity index (χ2n) is 1.97. The third-order valence-electron chi connectivity index (χ3n) is 1.20. The maximum atomic E-state index is 12.7. The molecular weight excluding hydrogens is 148 g/mol. The van der Waals surface area contributed by atoms with Crippen molar-refractivity contribution in [1.29, 1.82) is 0 Å². The van der Waals surface area contributed by atoms with Gasteiger partial charge in [-0.25, -0.2) is 0 Å². The van der Waals surface area contributed by atoms with Crippen molar-refractivity contribution in [2.75, 3.05) is 6.54 Å². The molecule has 0 saturated carbocycles. The first-order valence-electron chi connectivity index (χ1n) is 3.12. The Morgan fingerprint density at radius 1 is 1.45 bits per heavy atom. The molecule has 0 aliphatic rings. The van der Waals surface area contributed by atoms with Crippen molar-refractivity contribution in [2.45, 2.75) is 5.92 Å². The van der Waals surface area contributed by atoms with Crippen molar-refractivity contribution in [2.24, 2.45) is 5.73 Å². The monoisotopic (exact) mass is 159 g/mol. The van der Waals surface area contributed by atoms with Crippen molar-refractivity contribution in [3.8, 4) is 0 Å². The predicted octanol–water partition coefficient (Wildman–Crippen LogP) is 1.88. The van der Waals surface area contributed by atoms with E-state index in [0.717, 1.165) is 6.08 Å². The molecule has 0 amide bonds. The maximum absolute atomic E-state index is 12.7. The van der Waals surface area contributed by atoms with Crippen LogP contribution < -0.4 is 5.73 Å². The largest absolute Gasteiger partial charge is 0.325 e. The van der Waals surface area contributed by atoms with Crippen LogP contribution in [0.25, 0.3) is 0 Å². The summed E-state index contributed by atoms with van der Waals surface area (Å²) < 4.78 is 25.4. The molecule has 2 N–H and O–H groups in total. The van der Waals surface area contributed by atoms with E-state index in [-0.39, 0.29) is 5.57 Å². The van der Waals surface area contributed by atoms with Crippen LogP contribution in [-0.2, 0) is 0 Å². The lowest BCUT2D eigenvalue weighted by atomic mass is 10.1. The number of rotatable bonds is 4. The van der Waals surface area contributed by atoms with Crippen LogP contribution in [0, 0.1) is 0 Å². The summed E-state index contributed by atoms with van der Waals surface area (Å²) >= 11 is 0. The minimum Gasteiger partial charge on any atom is -0.325 e. The van der Waals surface area contributed by atoms with Gasteiger partial charge in [0.25, 0.3) is 5.92 Å². The van der Waals surface area contributed by atoms with Gasteiger partial charge in [0, 0.05) is 5.57 Å². The van der Waals surface area contributed by atoms with Gasteiger partial charge in [-0.1, -0.05) is 31.4 Å². The molecule has 0 aliphatic heterocycles. The average molecular weight is 159 g/mol. The minimum atomic E-state index is -2.99. The lowest BCUT2D eigenvalue weighted by Gasteiger charge is -2.13. The highest BCUT2D eigenvalue weighted by Gasteiger charge is 2.29. The normalized spacial score (nSPS) is 12.8. The van der Waals surface area contributed by atoms with Gasteiger partial charge in [-0.3, -0.25) is 0 Å². The predicted molar refractivity (Wildman–Crippen MR) is 42.5 cm³/mol. The number of alkyl halides is 2. The Balaban J connectivity index is 4.62. The number of halogens is 2. The molecule has 0 aromatic rings. The van der Waals surface area contributed by atoms with Crippen molar-refractivity contribution < 1.29 is 8.78 Å². The standard InChI is InChI=1S/C8H11F2N/c1-3-5-7(4-2)8(9,10)6-11/h3-5H,1-2,6,11H2/b7-5+. The van der Waals surface area contributed by atoms with Gasteiger partial charge < -0.3 is 5.73 Å². The molecule has 3 heteroatoms. The lowest BCUT2D eigenvalue weighted by Crippen LogP contribution is -2.29. The van der Waals surface area contributed by atoms with E-state index in [9.17, 15) is 8.78 Å². The quantitative estimate of drug-likeness (QED) is 0.623. The second-order valence-corrected chi connectivity index (χ2v) is 1.97. The number of nitrogens with two attached hydrogens (primary N) is 1. The van der Waals surface area contributed by atoms with E-state index in [4.69, 9.17) is 5.73 Å². The highest BCUT2D eigenvalue weighted by atomic mass is 19.3. The Bertz CT molecular complexity index is 183. The average Bonchev–Trinajstić information content (AvgIpc) is 2.00. The molecule has 0 atom stereocenters. The van der Waals surface area contributed by atoms with Gasteiger partial charge in [0.15, 0.2) is 0 Å². The van der Waals surface area contributed by atoms with E-state index in [2.05, 4.69) is 13.2 Å². The van der Waals surface area contributed by atoms with Crippen LogP contribution >= 0.6 is 0 Å². The Hall–Kier alpha value is -0.960. The molecular formula is C8H11F2N. The van der Waals surface area contributed by atoms with Crippen molar-refractivity contribution >= 4 is 0 Å². The fraction of sp³-hybridized carbons (Fsp3) is 0.250. The van der Waals surface area contributed by atoms with Crippen LogP contribution in [0.15, 0.2) is 37.0 Å². The summed E-state index contributed by atoms with van der Waals surface area (Å²) in [5.41, 5.74) is 4.64. The van der Waals surface area contributed by atoms with Crippen LogP contribution in [-0.4, -0.2) is 12.5 Å². The zero-order chi connectivity index (χ0) is 8.91. The molecule has 0 saturated heterocycles. The SMILES string of the molecule is C=C/C=C(\C=C)C(F)(F)CN. The molecule has 0 fully saturated rings. The first-order valence-corrected chi connectivity index (χ1v) is 3.12. The van der Waals surface area contributed by atoms with E-state index in [1.165, 1.54) is 12.2 Å². The maximum Gasteiger partial charge on any atom is 0.285 e. The highest BCUT2D eigenvalue weighted by Crippen LogP contribution is 2.23. The van der Waals surface area contributed by atoms with E-state index in [0.29, 0.717) is 0 Å². The van der Waals surface area contributed by atoms with Crippen LogP contribution in [0.2, 0.25) is 0 Å². The van der Waals surface area contributed by atoms with Gasteiger partial charge in [0.1, 0.15) is 0 Å². The van der Waals surface area contributed by atoms with Gasteiger partial charge in [-0.15, -0.1) is 0 Å². The molecule has 0 spiro atoms. The number of allylic oxidation sites excluding steroid dienone is 3. The van der Waals surface area contributed by atoms with Crippen molar-refractivity contribution in [3.63, 3.8) is 0 Å². The zero-order valence-corrected chi connectivity index (χ0v) is 6.19. The number of hydrogen-bond acceptors (Lipinski definition) is 1. The fourth-order valence-electron chi connectivity index (χ4n) is 0.584. The van der Waals surface area contributed by atoms with Crippen LogP contribution in [0.4, 0.5) is 8.78 Å². The van der Waals surface area contributed by atoms with Crippen molar-refractivity contribution in [3.05, 3.63) is 37.0 Å². The summed E-state index contributed by atoms with van der Waals surface area (Å²) in [5.74, 6) is -2.99. The van der Waals surface area contributed by atoms with Gasteiger partial charge in [-0.2, -0.15) is 8.78 Å². The van der Waals surface area contributed by atoms with E-state index in [1.54, 1.807) is 0 Å². The lowest BCUT2D eigenvalue weighted by molar-refractivity contribution is 0.0556. The smallest absolute Gasteiger partial charge is 0.285 e. The summed E-state index contributed by atoms with van der Waals surface area (Å²) in [7, 11) is 0. The third-order valence-corrected chi connectivity index (χ3v) is 1.20. The Labute approximate surface area is 64.9 Å². The summed E-state index contributed by atoms with van der Waals surface area (Å²) in [6, 6.07) is 0. The molecule has 0 aromatic carbocycles. The summed E-state index contributed by atoms with van der Waals surface area (Å²) in [4.78, 5) is 0. The molecule has 11 heavy (non-hydrogen) atoms. The Morgan fingerprint density at radius 3 is 2.27 bits per heavy atom. The summed E-state index contributed by atoms with van der Waals surface area (Å²) in [6.45, 7) is 5.83. The van der Waals surface area contributed by atoms with Crippen LogP contribution in [0.3, 0.4) is 0 Å². The minimum absolute atomic E-state index is 0.199. The molecule has 0 aliphatic carbocycles. The molecule has 0 aromatic heterocycles. The molecule has 0 heterocycles. The van der Waals surface area contributed by atoms with Crippen LogP contribution in [0.5, 0.6) is 0 Å². The highest BCUT2D eigenvalue weighted by molar-refractivity contribution is 5.28. The third kappa shape index (κ3) is 2.63. The molecule has 0 radical (unpaired) electrons. The Morgan fingerprint density at radius 2 is 2.00 bits per heavy atom. The van der Waals surface area contributed by atoms with E-state index >= 15 is 0 Å². The molecule has 0 unspecified atom stereocenters. The molecule has 0 bridgehead atoms. The van der Waals surface area contributed by atoms with Crippen molar-refractivity contribution in [1.82, 2.24) is 0 Å². The van der Waals surface area contributed by atoms with Gasteiger partial charge >= 0.3 is 0 Å². The first-order chi connectivity index (χ1) is 5.08. The summed E-state index contributed by atoms with van der Waals surface area (Å²) in [5, 5.41) is 0. The molecule has 62 valence electrons. The first kappa shape index (κ1) is 10.0. The van der Waals surface area contributed by atoms with Gasteiger partial charge in [-0.05, 0) is 0 Å². The van der Waals surface area contributed by atoms with Gasteiger partial charge in [0.05, 0.1) is 6.54 Å². The molecule has 0 rings (SSSR count). The Kier molecular flexibility index (Phi) is 3.68. The molecule has 1 nitrogen and oxygen atoms in total.